The fourth-order valence-corrected chi connectivity index (χ4v) is 2.96. The molecule has 0 aromatic heterocycles. The fraction of sp³-hybridized carbons (Fsp3) is 0.200. The van der Waals surface area contributed by atoms with Crippen molar-refractivity contribution >= 4 is 31.9 Å². The number of alkyl halides is 1. The van der Waals surface area contributed by atoms with Gasteiger partial charge in [0.2, 0.25) is 0 Å². The summed E-state index contributed by atoms with van der Waals surface area (Å²) in [5.74, 6) is 0.542. The van der Waals surface area contributed by atoms with E-state index in [1.165, 1.54) is 7.11 Å². The number of methoxy groups -OCH3 is 1. The molecule has 5 heteroatoms. The lowest BCUT2D eigenvalue weighted by Gasteiger charge is -2.10. The standard InChI is InChI=1S/C15H13Br2FO2/c1-19-14-4-2-3-10(15(14)18)9-20-12-5-6-13(17)11(7-12)8-16/h2-7H,8-9H2,1H3. The van der Waals surface area contributed by atoms with Gasteiger partial charge in [0, 0.05) is 15.4 Å². The van der Waals surface area contributed by atoms with Crippen LogP contribution in [0.2, 0.25) is 0 Å². The molecule has 0 fully saturated rings. The summed E-state index contributed by atoms with van der Waals surface area (Å²) in [4.78, 5) is 0. The Bertz CT molecular complexity index is 602. The second-order valence-electron chi connectivity index (χ2n) is 4.11. The summed E-state index contributed by atoms with van der Waals surface area (Å²) in [5.41, 5.74) is 1.54. The van der Waals surface area contributed by atoms with Crippen molar-refractivity contribution in [2.75, 3.05) is 7.11 Å². The Morgan fingerprint density at radius 2 is 1.95 bits per heavy atom. The molecule has 0 aliphatic heterocycles. The van der Waals surface area contributed by atoms with Crippen LogP contribution in [0.15, 0.2) is 40.9 Å². The van der Waals surface area contributed by atoms with Gasteiger partial charge in [-0.05, 0) is 29.8 Å². The minimum Gasteiger partial charge on any atom is -0.494 e. The highest BCUT2D eigenvalue weighted by Gasteiger charge is 2.09. The SMILES string of the molecule is COc1cccc(COc2ccc(Br)c(CBr)c2)c1F. The number of rotatable bonds is 5. The van der Waals surface area contributed by atoms with E-state index in [4.69, 9.17) is 9.47 Å². The van der Waals surface area contributed by atoms with E-state index in [1.807, 2.05) is 18.2 Å². The molecular weight excluding hydrogens is 391 g/mol. The molecule has 0 unspecified atom stereocenters. The Kier molecular flexibility index (Phi) is 5.43. The Balaban J connectivity index is 2.13. The van der Waals surface area contributed by atoms with E-state index in [2.05, 4.69) is 31.9 Å². The number of hydrogen-bond acceptors (Lipinski definition) is 2. The van der Waals surface area contributed by atoms with Gasteiger partial charge >= 0.3 is 0 Å². The van der Waals surface area contributed by atoms with Gasteiger partial charge < -0.3 is 9.47 Å². The summed E-state index contributed by atoms with van der Waals surface area (Å²) in [6, 6.07) is 10.7. The van der Waals surface area contributed by atoms with E-state index in [0.29, 0.717) is 11.3 Å². The van der Waals surface area contributed by atoms with E-state index in [9.17, 15) is 4.39 Å². The third-order valence-corrected chi connectivity index (χ3v) is 4.20. The lowest BCUT2D eigenvalue weighted by atomic mass is 10.2. The fourth-order valence-electron chi connectivity index (χ4n) is 1.73. The van der Waals surface area contributed by atoms with Crippen LogP contribution >= 0.6 is 31.9 Å². The van der Waals surface area contributed by atoms with Gasteiger partial charge in [0.1, 0.15) is 12.4 Å². The van der Waals surface area contributed by atoms with Crippen molar-refractivity contribution in [1.29, 1.82) is 0 Å². The molecule has 0 atom stereocenters. The third kappa shape index (κ3) is 3.52. The molecule has 20 heavy (non-hydrogen) atoms. The van der Waals surface area contributed by atoms with Gasteiger partial charge in [-0.15, -0.1) is 0 Å². The van der Waals surface area contributed by atoms with Crippen molar-refractivity contribution < 1.29 is 13.9 Å². The number of ether oxygens (including phenoxy) is 2. The Morgan fingerprint density at radius 1 is 1.15 bits per heavy atom. The normalized spacial score (nSPS) is 10.4. The summed E-state index contributed by atoms with van der Waals surface area (Å²) in [6.07, 6.45) is 0. The Morgan fingerprint density at radius 3 is 2.65 bits per heavy atom. The van der Waals surface area contributed by atoms with Gasteiger partial charge in [0.25, 0.3) is 0 Å². The van der Waals surface area contributed by atoms with E-state index in [1.54, 1.807) is 18.2 Å². The summed E-state index contributed by atoms with van der Waals surface area (Å²) in [7, 11) is 1.44. The van der Waals surface area contributed by atoms with Crippen LogP contribution in [0.25, 0.3) is 0 Å². The van der Waals surface area contributed by atoms with E-state index < -0.39 is 0 Å². The lowest BCUT2D eigenvalue weighted by Crippen LogP contribution is -2.00. The van der Waals surface area contributed by atoms with Crippen LogP contribution in [-0.4, -0.2) is 7.11 Å². The van der Waals surface area contributed by atoms with Crippen molar-refractivity contribution in [2.45, 2.75) is 11.9 Å². The monoisotopic (exact) mass is 402 g/mol. The van der Waals surface area contributed by atoms with Crippen molar-refractivity contribution in [1.82, 2.24) is 0 Å². The molecule has 0 bridgehead atoms. The van der Waals surface area contributed by atoms with E-state index in [0.717, 1.165) is 15.4 Å². The summed E-state index contributed by atoms with van der Waals surface area (Å²) >= 11 is 6.86. The molecule has 2 nitrogen and oxygen atoms in total. The molecule has 0 amide bonds. The molecule has 2 aromatic carbocycles. The zero-order valence-electron chi connectivity index (χ0n) is 10.8. The number of halogens is 3. The average molecular weight is 404 g/mol. The third-order valence-electron chi connectivity index (χ3n) is 2.82. The number of benzene rings is 2. The Hall–Kier alpha value is -1.07. The highest BCUT2D eigenvalue weighted by molar-refractivity contribution is 9.10. The van der Waals surface area contributed by atoms with Gasteiger partial charge in [0.05, 0.1) is 7.11 Å². The molecule has 0 spiro atoms. The number of hydrogen-bond donors (Lipinski definition) is 0. The van der Waals surface area contributed by atoms with E-state index in [-0.39, 0.29) is 18.2 Å². The molecule has 0 heterocycles. The molecule has 0 aliphatic carbocycles. The molecule has 0 saturated carbocycles. The molecule has 2 rings (SSSR count). The maximum atomic E-state index is 14.0. The molecule has 0 radical (unpaired) electrons. The van der Waals surface area contributed by atoms with Crippen LogP contribution in [0.3, 0.4) is 0 Å². The van der Waals surface area contributed by atoms with Gasteiger partial charge in [-0.3, -0.25) is 0 Å². The summed E-state index contributed by atoms with van der Waals surface area (Å²) in [6.45, 7) is 0.159. The van der Waals surface area contributed by atoms with Crippen molar-refractivity contribution in [2.24, 2.45) is 0 Å². The quantitative estimate of drug-likeness (QED) is 0.648. The molecule has 0 aliphatic rings. The van der Waals surface area contributed by atoms with E-state index >= 15 is 0 Å². The van der Waals surface area contributed by atoms with Crippen LogP contribution in [0.5, 0.6) is 11.5 Å². The smallest absolute Gasteiger partial charge is 0.171 e. The largest absolute Gasteiger partial charge is 0.494 e. The molecule has 106 valence electrons. The zero-order valence-corrected chi connectivity index (χ0v) is 14.0. The van der Waals surface area contributed by atoms with Gasteiger partial charge in [-0.25, -0.2) is 4.39 Å². The predicted octanol–water partition coefficient (Wildman–Crippen LogP) is 5.07. The van der Waals surface area contributed by atoms with Gasteiger partial charge in [-0.1, -0.05) is 44.0 Å². The van der Waals surface area contributed by atoms with Crippen molar-refractivity contribution in [3.63, 3.8) is 0 Å². The first-order chi connectivity index (χ1) is 9.65. The minimum atomic E-state index is -0.382. The van der Waals surface area contributed by atoms with Crippen LogP contribution in [-0.2, 0) is 11.9 Å². The van der Waals surface area contributed by atoms with Crippen molar-refractivity contribution in [3.05, 3.63) is 57.8 Å². The first-order valence-corrected chi connectivity index (χ1v) is 7.85. The molecular formula is C15H13Br2FO2. The molecule has 0 N–H and O–H groups in total. The van der Waals surface area contributed by atoms with Crippen LogP contribution in [0.4, 0.5) is 4.39 Å². The molecule has 0 saturated heterocycles. The minimum absolute atomic E-state index is 0.159. The average Bonchev–Trinajstić information content (AvgIpc) is 2.47. The maximum Gasteiger partial charge on any atom is 0.171 e. The topological polar surface area (TPSA) is 18.5 Å². The van der Waals surface area contributed by atoms with Crippen LogP contribution < -0.4 is 9.47 Å². The highest BCUT2D eigenvalue weighted by Crippen LogP contribution is 2.26. The zero-order chi connectivity index (χ0) is 14.5. The van der Waals surface area contributed by atoms with Gasteiger partial charge in [0.15, 0.2) is 11.6 Å². The first-order valence-electron chi connectivity index (χ1n) is 5.94. The van der Waals surface area contributed by atoms with Gasteiger partial charge in [-0.2, -0.15) is 0 Å². The summed E-state index contributed by atoms with van der Waals surface area (Å²) in [5, 5.41) is 0.721. The second kappa shape index (κ2) is 7.09. The molecule has 2 aromatic rings. The van der Waals surface area contributed by atoms with Crippen LogP contribution in [0.1, 0.15) is 11.1 Å². The second-order valence-corrected chi connectivity index (χ2v) is 5.52. The first kappa shape index (κ1) is 15.3. The summed E-state index contributed by atoms with van der Waals surface area (Å²) < 4.78 is 25.6. The highest BCUT2D eigenvalue weighted by atomic mass is 79.9. The predicted molar refractivity (Wildman–Crippen MR) is 84.1 cm³/mol. The maximum absolute atomic E-state index is 14.0. The lowest BCUT2D eigenvalue weighted by molar-refractivity contribution is 0.295. The Labute approximate surface area is 134 Å². The van der Waals surface area contributed by atoms with Crippen molar-refractivity contribution in [3.8, 4) is 11.5 Å². The van der Waals surface area contributed by atoms with Crippen LogP contribution in [0, 0.1) is 5.82 Å².